The van der Waals surface area contributed by atoms with Gasteiger partial charge in [0.2, 0.25) is 0 Å². The molecule has 0 amide bonds. The van der Waals surface area contributed by atoms with Gasteiger partial charge in [-0.15, -0.1) is 0 Å². The van der Waals surface area contributed by atoms with Crippen molar-refractivity contribution in [2.45, 2.75) is 36.9 Å². The summed E-state index contributed by atoms with van der Waals surface area (Å²) >= 11 is 7.04. The molecule has 0 atom stereocenters. The smallest absolute Gasteiger partial charge is 0.360 e. The number of nitrogens with one attached hydrogen (secondary N) is 1. The molecule has 1 aromatic heterocycles. The topological polar surface area (TPSA) is 65.8 Å². The SMILES string of the molecule is CC(C)(C)C(=O)C(C#N)=CNc1ccc(Sc2ncc(C(F)(F)F)cc2Cl)cc1. The molecule has 0 bridgehead atoms. The Morgan fingerprint density at radius 2 is 1.86 bits per heavy atom. The monoisotopic (exact) mass is 439 g/mol. The Morgan fingerprint density at radius 1 is 1.24 bits per heavy atom. The van der Waals surface area contributed by atoms with Gasteiger partial charge in [-0.2, -0.15) is 18.4 Å². The minimum atomic E-state index is -4.50. The molecule has 4 nitrogen and oxygen atoms in total. The Balaban J connectivity index is 2.10. The van der Waals surface area contributed by atoms with Gasteiger partial charge in [-0.05, 0) is 30.3 Å². The number of carbonyl (C=O) groups excluding carboxylic acids is 1. The molecule has 9 heteroatoms. The lowest BCUT2D eigenvalue weighted by Gasteiger charge is -2.15. The third kappa shape index (κ3) is 6.24. The number of hydrogen-bond donors (Lipinski definition) is 1. The van der Waals surface area contributed by atoms with Gasteiger partial charge in [0.15, 0.2) is 5.78 Å². The van der Waals surface area contributed by atoms with Crippen LogP contribution in [0.5, 0.6) is 0 Å². The van der Waals surface area contributed by atoms with Crippen molar-refractivity contribution in [1.82, 2.24) is 4.98 Å². The predicted octanol–water partition coefficient (Wildman–Crippen LogP) is 6.34. The lowest BCUT2D eigenvalue weighted by atomic mass is 9.87. The van der Waals surface area contributed by atoms with Crippen LogP contribution in [0.1, 0.15) is 26.3 Å². The number of Topliss-reactive ketones (excluding diaryl/α,β-unsaturated/α-hetero) is 1. The number of carbonyl (C=O) groups is 1. The molecule has 152 valence electrons. The van der Waals surface area contributed by atoms with Crippen LogP contribution in [0.3, 0.4) is 0 Å². The molecule has 0 fully saturated rings. The number of alkyl halides is 3. The number of rotatable bonds is 5. The highest BCUT2D eigenvalue weighted by Gasteiger charge is 2.31. The first-order valence-corrected chi connectivity index (χ1v) is 9.53. The summed E-state index contributed by atoms with van der Waals surface area (Å²) in [6, 6.07) is 9.56. The maximum atomic E-state index is 12.7. The molecule has 0 radical (unpaired) electrons. The fourth-order valence-electron chi connectivity index (χ4n) is 2.09. The molecular weight excluding hydrogens is 423 g/mol. The van der Waals surface area contributed by atoms with Gasteiger partial charge in [-0.25, -0.2) is 4.98 Å². The summed E-state index contributed by atoms with van der Waals surface area (Å²) < 4.78 is 38.0. The van der Waals surface area contributed by atoms with Crippen LogP contribution in [0.4, 0.5) is 18.9 Å². The second-order valence-corrected chi connectivity index (χ2v) is 8.50. The zero-order valence-corrected chi connectivity index (χ0v) is 17.3. The molecular formula is C20H17ClF3N3OS. The molecule has 2 aromatic rings. The molecule has 0 aliphatic carbocycles. The predicted molar refractivity (Wildman–Crippen MR) is 107 cm³/mol. The van der Waals surface area contributed by atoms with E-state index in [0.717, 1.165) is 24.0 Å². The van der Waals surface area contributed by atoms with Crippen LogP contribution < -0.4 is 5.32 Å². The molecule has 1 aromatic carbocycles. The van der Waals surface area contributed by atoms with Crippen molar-refractivity contribution >= 4 is 34.8 Å². The first-order chi connectivity index (χ1) is 13.4. The normalized spacial score (nSPS) is 12.4. The third-order valence-electron chi connectivity index (χ3n) is 3.63. The zero-order chi connectivity index (χ0) is 21.8. The van der Waals surface area contributed by atoms with Crippen LogP contribution in [-0.2, 0) is 11.0 Å². The van der Waals surface area contributed by atoms with Crippen molar-refractivity contribution in [2.24, 2.45) is 5.41 Å². The van der Waals surface area contributed by atoms with Crippen molar-refractivity contribution in [3.05, 3.63) is 58.9 Å². The summed E-state index contributed by atoms with van der Waals surface area (Å²) in [5.74, 6) is -0.275. The van der Waals surface area contributed by atoms with Crippen LogP contribution in [0.25, 0.3) is 0 Å². The molecule has 0 aliphatic heterocycles. The molecule has 0 unspecified atom stereocenters. The third-order valence-corrected chi connectivity index (χ3v) is 5.06. The van der Waals surface area contributed by atoms with E-state index in [0.29, 0.717) is 10.6 Å². The van der Waals surface area contributed by atoms with Gasteiger partial charge in [0.1, 0.15) is 16.7 Å². The molecule has 2 rings (SSSR count). The Labute approximate surface area is 175 Å². The highest BCUT2D eigenvalue weighted by atomic mass is 35.5. The number of hydrogen-bond acceptors (Lipinski definition) is 5. The summed E-state index contributed by atoms with van der Waals surface area (Å²) in [6.45, 7) is 5.19. The van der Waals surface area contributed by atoms with Gasteiger partial charge >= 0.3 is 6.18 Å². The van der Waals surface area contributed by atoms with Gasteiger partial charge < -0.3 is 5.32 Å². The number of aromatic nitrogens is 1. The van der Waals surface area contributed by atoms with Crippen LogP contribution in [0.15, 0.2) is 58.2 Å². The number of ketones is 1. The Kier molecular flexibility index (Phi) is 6.98. The highest BCUT2D eigenvalue weighted by molar-refractivity contribution is 7.99. The summed E-state index contributed by atoms with van der Waals surface area (Å²) in [7, 11) is 0. The van der Waals surface area contributed by atoms with Crippen molar-refractivity contribution in [3.63, 3.8) is 0 Å². The van der Waals surface area contributed by atoms with E-state index in [4.69, 9.17) is 16.9 Å². The van der Waals surface area contributed by atoms with Crippen molar-refractivity contribution in [3.8, 4) is 6.07 Å². The maximum absolute atomic E-state index is 12.7. The van der Waals surface area contributed by atoms with E-state index in [1.54, 1.807) is 45.0 Å². The Morgan fingerprint density at radius 3 is 2.34 bits per heavy atom. The standard InChI is InChI=1S/C20H17ClF3N3OS/c1-19(2,3)17(28)12(9-25)10-26-14-4-6-15(7-5-14)29-18-16(21)8-13(11-27-18)20(22,23)24/h4-8,10-11,26H,1-3H3. The molecule has 0 saturated carbocycles. The minimum absolute atomic E-state index is 0.0108. The summed E-state index contributed by atoms with van der Waals surface area (Å²) in [4.78, 5) is 16.7. The number of nitriles is 1. The van der Waals surface area contributed by atoms with Crippen LogP contribution in [0, 0.1) is 16.7 Å². The molecule has 0 spiro atoms. The van der Waals surface area contributed by atoms with E-state index in [1.807, 2.05) is 6.07 Å². The Hall–Kier alpha value is -2.50. The summed E-state index contributed by atoms with van der Waals surface area (Å²) in [5.41, 5.74) is -0.930. The average molecular weight is 440 g/mol. The largest absolute Gasteiger partial charge is 0.417 e. The Bertz CT molecular complexity index is 974. The van der Waals surface area contributed by atoms with Gasteiger partial charge in [0.25, 0.3) is 0 Å². The lowest BCUT2D eigenvalue weighted by molar-refractivity contribution is -0.137. The van der Waals surface area contributed by atoms with Crippen molar-refractivity contribution in [2.75, 3.05) is 5.32 Å². The first-order valence-electron chi connectivity index (χ1n) is 8.34. The van der Waals surface area contributed by atoms with E-state index in [1.165, 1.54) is 6.20 Å². The van der Waals surface area contributed by atoms with E-state index in [-0.39, 0.29) is 21.4 Å². The van der Waals surface area contributed by atoms with Gasteiger partial charge in [-0.3, -0.25) is 4.79 Å². The second-order valence-electron chi connectivity index (χ2n) is 7.03. The average Bonchev–Trinajstić information content (AvgIpc) is 2.63. The number of nitrogens with zero attached hydrogens (tertiary/aromatic N) is 2. The van der Waals surface area contributed by atoms with Crippen LogP contribution in [-0.4, -0.2) is 10.8 Å². The second kappa shape index (κ2) is 8.89. The fourth-order valence-corrected chi connectivity index (χ4v) is 3.13. The number of anilines is 1. The molecule has 1 heterocycles. The molecule has 1 N–H and O–H groups in total. The van der Waals surface area contributed by atoms with Crippen LogP contribution in [0.2, 0.25) is 5.02 Å². The number of benzene rings is 1. The van der Waals surface area contributed by atoms with E-state index < -0.39 is 17.2 Å². The number of halogens is 4. The number of allylic oxidation sites excluding steroid dienone is 1. The lowest BCUT2D eigenvalue weighted by Crippen LogP contribution is -2.22. The fraction of sp³-hybridized carbons (Fsp3) is 0.250. The van der Waals surface area contributed by atoms with Gasteiger partial charge in [0.05, 0.1) is 10.6 Å². The quantitative estimate of drug-likeness (QED) is 0.435. The number of pyridine rings is 1. The van der Waals surface area contributed by atoms with Gasteiger partial charge in [0, 0.05) is 28.4 Å². The van der Waals surface area contributed by atoms with Gasteiger partial charge in [-0.1, -0.05) is 44.1 Å². The molecule has 0 saturated heterocycles. The minimum Gasteiger partial charge on any atom is -0.360 e. The van der Waals surface area contributed by atoms with E-state index in [2.05, 4.69) is 10.3 Å². The van der Waals surface area contributed by atoms with E-state index in [9.17, 15) is 18.0 Å². The van der Waals surface area contributed by atoms with E-state index >= 15 is 0 Å². The molecule has 0 aliphatic rings. The van der Waals surface area contributed by atoms with Crippen molar-refractivity contribution < 1.29 is 18.0 Å². The highest BCUT2D eigenvalue weighted by Crippen LogP contribution is 2.36. The summed E-state index contributed by atoms with van der Waals surface area (Å²) in [5, 5.41) is 12.2. The first kappa shape index (κ1) is 22.8. The van der Waals surface area contributed by atoms with Crippen LogP contribution >= 0.6 is 23.4 Å². The van der Waals surface area contributed by atoms with Crippen molar-refractivity contribution in [1.29, 1.82) is 5.26 Å². The maximum Gasteiger partial charge on any atom is 0.417 e. The molecule has 29 heavy (non-hydrogen) atoms. The zero-order valence-electron chi connectivity index (χ0n) is 15.8. The summed E-state index contributed by atoms with van der Waals surface area (Å²) in [6.07, 6.45) is -2.41.